The molecule has 262 valence electrons. The lowest BCUT2D eigenvalue weighted by Gasteiger charge is -2.44. The number of likely N-dealkylation sites (tertiary alicyclic amines) is 2. The molecule has 0 bridgehead atoms. The van der Waals surface area contributed by atoms with Crippen molar-refractivity contribution in [3.8, 4) is 17.3 Å². The third-order valence-corrected chi connectivity index (χ3v) is 11.7. The average Bonchev–Trinajstić information content (AvgIpc) is 3.78. The highest BCUT2D eigenvalue weighted by Gasteiger charge is 2.46. The molecule has 50 heavy (non-hydrogen) atoms. The van der Waals surface area contributed by atoms with Crippen molar-refractivity contribution >= 4 is 39.2 Å². The van der Waals surface area contributed by atoms with E-state index in [1.54, 1.807) is 18.0 Å². The molecule has 4 heterocycles. The molecule has 2 aromatic heterocycles. The molecule has 11 nitrogen and oxygen atoms in total. The molecule has 0 N–H and O–H groups in total. The second-order valence-electron chi connectivity index (χ2n) is 14.0. The molecule has 1 saturated carbocycles. The maximum Gasteiger partial charge on any atom is 0.318 e. The van der Waals surface area contributed by atoms with Crippen molar-refractivity contribution < 1.29 is 14.3 Å². The van der Waals surface area contributed by atoms with Crippen molar-refractivity contribution in [1.29, 1.82) is 0 Å². The quantitative estimate of drug-likeness (QED) is 0.200. The summed E-state index contributed by atoms with van der Waals surface area (Å²) in [5, 5.41) is 8.96. The Hall–Kier alpha value is -4.32. The molecule has 3 aliphatic rings. The summed E-state index contributed by atoms with van der Waals surface area (Å²) in [5.41, 5.74) is 5.47. The molecule has 2 aliphatic heterocycles. The first-order valence-electron chi connectivity index (χ1n) is 17.7. The molecule has 1 unspecified atom stereocenters. The molecule has 0 radical (unpaired) electrons. The number of carbonyl (C=O) groups excluding carboxylic acids is 2. The van der Waals surface area contributed by atoms with Crippen LogP contribution in [0, 0.1) is 13.8 Å². The van der Waals surface area contributed by atoms with E-state index in [9.17, 15) is 9.59 Å². The molecule has 2 aromatic carbocycles. The summed E-state index contributed by atoms with van der Waals surface area (Å²) in [7, 11) is 3.49. The zero-order valence-corrected chi connectivity index (χ0v) is 30.9. The highest BCUT2D eigenvalue weighted by molar-refractivity contribution is 9.10. The smallest absolute Gasteiger partial charge is 0.318 e. The first-order chi connectivity index (χ1) is 24.2. The minimum absolute atomic E-state index is 0.0847. The third-order valence-electron chi connectivity index (χ3n) is 11.0. The number of halogens is 1. The maximum absolute atomic E-state index is 14.3. The van der Waals surface area contributed by atoms with Gasteiger partial charge in [-0.15, -0.1) is 5.10 Å². The van der Waals surface area contributed by atoms with Gasteiger partial charge in [0.25, 0.3) is 0 Å². The van der Waals surface area contributed by atoms with E-state index in [2.05, 4.69) is 72.3 Å². The summed E-state index contributed by atoms with van der Waals surface area (Å²) in [6.45, 7) is 6.15. The van der Waals surface area contributed by atoms with Crippen LogP contribution >= 0.6 is 15.9 Å². The van der Waals surface area contributed by atoms with Crippen LogP contribution in [0.3, 0.4) is 0 Å². The summed E-state index contributed by atoms with van der Waals surface area (Å²) in [6, 6.07) is 14.4. The second-order valence-corrected chi connectivity index (χ2v) is 14.9. The largest absolute Gasteiger partial charge is 0.467 e. The Kier molecular flexibility index (Phi) is 9.65. The van der Waals surface area contributed by atoms with Crippen LogP contribution in [-0.2, 0) is 15.0 Å². The fourth-order valence-corrected chi connectivity index (χ4v) is 9.01. The van der Waals surface area contributed by atoms with Crippen molar-refractivity contribution in [1.82, 2.24) is 34.8 Å². The van der Waals surface area contributed by atoms with Gasteiger partial charge in [-0.25, -0.2) is 9.67 Å². The van der Waals surface area contributed by atoms with Crippen molar-refractivity contribution in [3.05, 3.63) is 76.0 Å². The van der Waals surface area contributed by atoms with Crippen LogP contribution in [0.25, 0.3) is 11.3 Å². The number of nitrogens with zero attached hydrogens (tertiary/aromatic N) is 8. The number of aryl methyl sites for hydroxylation is 2. The predicted molar refractivity (Wildman–Crippen MR) is 195 cm³/mol. The molecule has 12 heteroatoms. The van der Waals surface area contributed by atoms with E-state index in [1.807, 2.05) is 48.2 Å². The van der Waals surface area contributed by atoms with Crippen LogP contribution in [0.4, 0.5) is 11.5 Å². The molecule has 4 aromatic rings. The van der Waals surface area contributed by atoms with Gasteiger partial charge in [-0.05, 0) is 86.9 Å². The van der Waals surface area contributed by atoms with Crippen LogP contribution in [-0.4, -0.2) is 86.4 Å². The second kappa shape index (κ2) is 14.1. The molecular weight excluding hydrogens is 696 g/mol. The minimum Gasteiger partial charge on any atom is -0.467 e. The van der Waals surface area contributed by atoms with E-state index in [4.69, 9.17) is 4.74 Å². The summed E-state index contributed by atoms with van der Waals surface area (Å²) in [6.07, 6.45) is 10.9. The predicted octanol–water partition coefficient (Wildman–Crippen LogP) is 6.56. The van der Waals surface area contributed by atoms with E-state index in [1.165, 1.54) is 12.0 Å². The van der Waals surface area contributed by atoms with Gasteiger partial charge in [0.15, 0.2) is 0 Å². The molecule has 1 aliphatic carbocycles. The van der Waals surface area contributed by atoms with Gasteiger partial charge in [-0.3, -0.25) is 9.59 Å². The number of carbonyl (C=O) groups is 2. The van der Waals surface area contributed by atoms with Crippen molar-refractivity contribution in [2.75, 3.05) is 38.7 Å². The monoisotopic (exact) mass is 740 g/mol. The Morgan fingerprint density at radius 2 is 1.78 bits per heavy atom. The van der Waals surface area contributed by atoms with Gasteiger partial charge in [0.2, 0.25) is 11.8 Å². The van der Waals surface area contributed by atoms with Gasteiger partial charge in [-0.2, -0.15) is 4.98 Å². The number of anilines is 2. The highest BCUT2D eigenvalue weighted by atomic mass is 79.9. The normalized spacial score (nSPS) is 19.5. The molecule has 0 spiro atoms. The first kappa shape index (κ1) is 34.1. The lowest BCUT2D eigenvalue weighted by molar-refractivity contribution is -0.141. The Morgan fingerprint density at radius 1 is 1.00 bits per heavy atom. The number of rotatable bonds is 8. The van der Waals surface area contributed by atoms with Crippen LogP contribution in [0.2, 0.25) is 0 Å². The van der Waals surface area contributed by atoms with Crippen LogP contribution in [0.5, 0.6) is 6.01 Å². The van der Waals surface area contributed by atoms with Crippen LogP contribution in [0.1, 0.15) is 74.1 Å². The van der Waals surface area contributed by atoms with E-state index in [-0.39, 0.29) is 23.9 Å². The number of hydrogen-bond acceptors (Lipinski definition) is 8. The number of aromatic nitrogens is 5. The molecular formula is C38H45BrN8O3. The molecule has 1 atom stereocenters. The SMILES string of the molecule is COc1nccc(N(C)c2ccc(C)c(-c3cn(C4CCN(C5CCN(C(=O)C6(c7ccc(C)cc7Br)CCCCC6)CC5)C4=O)nn3)c2)n1. The number of hydrogen-bond donors (Lipinski definition) is 0. The zero-order chi connectivity index (χ0) is 35.0. The number of amides is 2. The topological polar surface area (TPSA) is 110 Å². The van der Waals surface area contributed by atoms with Gasteiger partial charge in [-0.1, -0.05) is 58.6 Å². The number of piperidine rings is 1. The number of methoxy groups -OCH3 is 1. The van der Waals surface area contributed by atoms with Crippen molar-refractivity contribution in [2.24, 2.45) is 0 Å². The summed E-state index contributed by atoms with van der Waals surface area (Å²) in [5.74, 6) is 1.04. The third kappa shape index (κ3) is 6.38. The highest BCUT2D eigenvalue weighted by Crippen LogP contribution is 2.45. The zero-order valence-electron chi connectivity index (χ0n) is 29.3. The lowest BCUT2D eigenvalue weighted by Crippen LogP contribution is -2.53. The molecule has 2 amide bonds. The van der Waals surface area contributed by atoms with Gasteiger partial charge >= 0.3 is 6.01 Å². The first-order valence-corrected chi connectivity index (χ1v) is 18.5. The molecule has 2 saturated heterocycles. The summed E-state index contributed by atoms with van der Waals surface area (Å²) >= 11 is 3.80. The summed E-state index contributed by atoms with van der Waals surface area (Å²) in [4.78, 5) is 42.8. The Morgan fingerprint density at radius 3 is 2.52 bits per heavy atom. The van der Waals surface area contributed by atoms with E-state index >= 15 is 0 Å². The molecule has 3 fully saturated rings. The van der Waals surface area contributed by atoms with Crippen LogP contribution < -0.4 is 9.64 Å². The van der Waals surface area contributed by atoms with Crippen molar-refractivity contribution in [2.45, 2.75) is 82.7 Å². The fraction of sp³-hybridized carbons (Fsp3) is 0.474. The van der Waals surface area contributed by atoms with Gasteiger partial charge in [0, 0.05) is 54.6 Å². The Balaban J connectivity index is 1.02. The van der Waals surface area contributed by atoms with E-state index in [0.717, 1.165) is 65.4 Å². The fourth-order valence-electron chi connectivity index (χ4n) is 8.14. The Bertz CT molecular complexity index is 1880. The van der Waals surface area contributed by atoms with E-state index in [0.29, 0.717) is 43.6 Å². The van der Waals surface area contributed by atoms with Gasteiger partial charge < -0.3 is 19.4 Å². The van der Waals surface area contributed by atoms with Crippen molar-refractivity contribution in [3.63, 3.8) is 0 Å². The van der Waals surface area contributed by atoms with Gasteiger partial charge in [0.05, 0.1) is 18.7 Å². The minimum atomic E-state index is -0.478. The number of benzene rings is 2. The number of ether oxygens (including phenoxy) is 1. The van der Waals surface area contributed by atoms with Gasteiger partial charge in [0.1, 0.15) is 17.6 Å². The lowest BCUT2D eigenvalue weighted by atomic mass is 9.68. The maximum atomic E-state index is 14.3. The average molecular weight is 742 g/mol. The Labute approximate surface area is 302 Å². The summed E-state index contributed by atoms with van der Waals surface area (Å²) < 4.78 is 7.97. The molecule has 7 rings (SSSR count). The van der Waals surface area contributed by atoms with E-state index < -0.39 is 5.41 Å². The van der Waals surface area contributed by atoms with Crippen LogP contribution in [0.15, 0.2) is 59.3 Å². The standard InChI is InChI=1S/C38H45BrN8O3/c1-25-8-11-30(31(39)22-25)38(16-6-5-7-17-38)36(49)45-19-13-27(14-20-45)46-21-15-33(35(46)48)47-24-32(42-43-47)29-23-28(10-9-26(29)2)44(3)34-12-18-40-37(41-34)50-4/h8-12,18,22-24,27,33H,5-7,13-17,19-21H2,1-4H3.